The average Bonchev–Trinajstić information content (AvgIpc) is 2.14. The number of rotatable bonds is 1. The van der Waals surface area contributed by atoms with Crippen LogP contribution >= 0.6 is 0 Å². The van der Waals surface area contributed by atoms with E-state index in [-0.39, 0.29) is 11.1 Å². The third-order valence-corrected chi connectivity index (χ3v) is 3.47. The van der Waals surface area contributed by atoms with Crippen molar-refractivity contribution in [3.8, 4) is 0 Å². The Bertz CT molecular complexity index is 227. The van der Waals surface area contributed by atoms with Gasteiger partial charge in [0.1, 0.15) is 0 Å². The van der Waals surface area contributed by atoms with Gasteiger partial charge < -0.3 is 9.62 Å². The summed E-state index contributed by atoms with van der Waals surface area (Å²) in [5, 5.41) is 0. The Morgan fingerprint density at radius 3 is 2.00 bits per heavy atom. The van der Waals surface area contributed by atoms with Gasteiger partial charge in [0, 0.05) is 17.1 Å². The maximum atomic E-state index is 2.54. The third-order valence-electron chi connectivity index (χ3n) is 3.47. The molecule has 0 saturated carbocycles. The van der Waals surface area contributed by atoms with Crippen LogP contribution in [-0.4, -0.2) is 40.8 Å². The molecule has 0 aliphatic carbocycles. The van der Waals surface area contributed by atoms with Gasteiger partial charge in [-0.05, 0) is 60.9 Å². The zero-order valence-electron chi connectivity index (χ0n) is 12.2. The lowest BCUT2D eigenvalue weighted by Crippen LogP contribution is -2.63. The molecule has 0 aromatic carbocycles. The zero-order chi connectivity index (χ0) is 12.6. The molecule has 2 nitrogen and oxygen atoms in total. The summed E-state index contributed by atoms with van der Waals surface area (Å²) in [6.45, 7) is 17.3. The molecule has 0 bridgehead atoms. The Kier molecular flexibility index (Phi) is 4.12. The Morgan fingerprint density at radius 2 is 1.62 bits per heavy atom. The molecule has 1 fully saturated rings. The van der Waals surface area contributed by atoms with Gasteiger partial charge in [0.2, 0.25) is 0 Å². The molecule has 1 unspecified atom stereocenters. The van der Waals surface area contributed by atoms with Gasteiger partial charge in [0.05, 0.1) is 0 Å². The molecule has 1 aliphatic rings. The molecular weight excluding hydrogens is 195 g/mol. The van der Waals surface area contributed by atoms with E-state index in [9.17, 15) is 0 Å². The fourth-order valence-corrected chi connectivity index (χ4v) is 2.36. The molecule has 1 radical (unpaired) electrons. The first-order valence-corrected chi connectivity index (χ1v) is 6.56. The summed E-state index contributed by atoms with van der Waals surface area (Å²) < 4.78 is 0. The Balaban J connectivity index is 2.78. The van der Waals surface area contributed by atoms with Gasteiger partial charge in [-0.2, -0.15) is 0 Å². The van der Waals surface area contributed by atoms with Crippen molar-refractivity contribution >= 4 is 7.55 Å². The van der Waals surface area contributed by atoms with Crippen LogP contribution in [-0.2, 0) is 0 Å². The van der Waals surface area contributed by atoms with Crippen molar-refractivity contribution in [2.45, 2.75) is 78.4 Å². The summed E-state index contributed by atoms with van der Waals surface area (Å²) in [5.41, 5.74) is 0.465. The van der Waals surface area contributed by atoms with E-state index < -0.39 is 0 Å². The highest BCUT2D eigenvalue weighted by molar-refractivity contribution is 6.29. The third kappa shape index (κ3) is 3.24. The van der Waals surface area contributed by atoms with Gasteiger partial charge in [-0.3, -0.25) is 0 Å². The van der Waals surface area contributed by atoms with Crippen LogP contribution in [0, 0.1) is 0 Å². The van der Waals surface area contributed by atoms with Gasteiger partial charge in [-0.1, -0.05) is 6.92 Å². The van der Waals surface area contributed by atoms with Gasteiger partial charge in [0.25, 0.3) is 0 Å². The SMILES string of the molecule is CCC1CCN(C(C)(C)C)[B]N1C(C)(C)C. The van der Waals surface area contributed by atoms with E-state index in [0.29, 0.717) is 6.04 Å². The predicted octanol–water partition coefficient (Wildman–Crippen LogP) is 2.90. The van der Waals surface area contributed by atoms with Crippen LogP contribution < -0.4 is 0 Å². The van der Waals surface area contributed by atoms with Gasteiger partial charge in [0.15, 0.2) is 0 Å². The monoisotopic (exact) mass is 223 g/mol. The normalized spacial score (nSPS) is 25.6. The number of hydrogen-bond acceptors (Lipinski definition) is 2. The first-order valence-electron chi connectivity index (χ1n) is 6.56. The minimum Gasteiger partial charge on any atom is -0.327 e. The fourth-order valence-electron chi connectivity index (χ4n) is 2.36. The van der Waals surface area contributed by atoms with Gasteiger partial charge in [-0.25, -0.2) is 0 Å². The van der Waals surface area contributed by atoms with Crippen LogP contribution in [0.1, 0.15) is 61.3 Å². The predicted molar refractivity (Wildman–Crippen MR) is 72.5 cm³/mol. The largest absolute Gasteiger partial charge is 0.327 e. The highest BCUT2D eigenvalue weighted by Gasteiger charge is 2.37. The second-order valence-corrected chi connectivity index (χ2v) is 6.91. The molecule has 3 heteroatoms. The minimum absolute atomic E-state index is 0.227. The van der Waals surface area contributed by atoms with Crippen molar-refractivity contribution in [1.29, 1.82) is 0 Å². The van der Waals surface area contributed by atoms with Crippen LogP contribution in [0.25, 0.3) is 0 Å². The Morgan fingerprint density at radius 1 is 1.06 bits per heavy atom. The van der Waals surface area contributed by atoms with E-state index >= 15 is 0 Å². The number of hydrogen-bond donors (Lipinski definition) is 0. The molecule has 0 aromatic heterocycles. The van der Waals surface area contributed by atoms with E-state index in [2.05, 4.69) is 65.6 Å². The Hall–Kier alpha value is -0.0151. The summed E-state index contributed by atoms with van der Waals surface area (Å²) in [7, 11) is 2.36. The number of nitrogens with zero attached hydrogens (tertiary/aromatic N) is 2. The maximum Gasteiger partial charge on any atom is 0.314 e. The van der Waals surface area contributed by atoms with Crippen molar-refractivity contribution < 1.29 is 0 Å². The lowest BCUT2D eigenvalue weighted by atomic mass is 9.81. The fraction of sp³-hybridized carbons (Fsp3) is 1.00. The summed E-state index contributed by atoms with van der Waals surface area (Å²) in [4.78, 5) is 5.02. The summed E-state index contributed by atoms with van der Waals surface area (Å²) in [6, 6.07) is 0.707. The standard InChI is InChI=1S/C13H28BN2/c1-8-11-9-10-15(12(2,3)4)14-16(11)13(5,6)7/h11H,8-10H2,1-7H3. The molecule has 16 heavy (non-hydrogen) atoms. The first kappa shape index (κ1) is 14.0. The van der Waals surface area contributed by atoms with Crippen LogP contribution in [0.4, 0.5) is 0 Å². The second-order valence-electron chi connectivity index (χ2n) is 6.91. The van der Waals surface area contributed by atoms with E-state index in [4.69, 9.17) is 0 Å². The van der Waals surface area contributed by atoms with Crippen LogP contribution in [0.5, 0.6) is 0 Å². The molecule has 1 saturated heterocycles. The van der Waals surface area contributed by atoms with Gasteiger partial charge >= 0.3 is 7.55 Å². The molecule has 0 spiro atoms. The summed E-state index contributed by atoms with van der Waals surface area (Å²) in [6.07, 6.45) is 2.52. The summed E-state index contributed by atoms with van der Waals surface area (Å²) in [5.74, 6) is 0. The molecule has 93 valence electrons. The molecule has 1 aliphatic heterocycles. The van der Waals surface area contributed by atoms with E-state index in [1.54, 1.807) is 0 Å². The quantitative estimate of drug-likeness (QED) is 0.630. The average molecular weight is 223 g/mol. The van der Waals surface area contributed by atoms with E-state index in [1.807, 2.05) is 0 Å². The molecular formula is C13H28BN2. The van der Waals surface area contributed by atoms with Gasteiger partial charge in [-0.15, -0.1) is 0 Å². The highest BCUT2D eigenvalue weighted by atomic mass is 15.3. The van der Waals surface area contributed by atoms with Crippen molar-refractivity contribution in [3.05, 3.63) is 0 Å². The minimum atomic E-state index is 0.227. The van der Waals surface area contributed by atoms with Crippen molar-refractivity contribution in [3.63, 3.8) is 0 Å². The molecule has 0 amide bonds. The van der Waals surface area contributed by atoms with Crippen LogP contribution in [0.15, 0.2) is 0 Å². The molecule has 0 N–H and O–H groups in total. The lowest BCUT2D eigenvalue weighted by Gasteiger charge is -2.51. The van der Waals surface area contributed by atoms with Crippen LogP contribution in [0.3, 0.4) is 0 Å². The van der Waals surface area contributed by atoms with Crippen LogP contribution in [0.2, 0.25) is 0 Å². The van der Waals surface area contributed by atoms with Crippen molar-refractivity contribution in [1.82, 2.24) is 9.62 Å². The van der Waals surface area contributed by atoms with Crippen molar-refractivity contribution in [2.24, 2.45) is 0 Å². The summed E-state index contributed by atoms with van der Waals surface area (Å²) >= 11 is 0. The highest BCUT2D eigenvalue weighted by Crippen LogP contribution is 2.27. The second kappa shape index (κ2) is 4.69. The smallest absolute Gasteiger partial charge is 0.314 e. The molecule has 1 heterocycles. The molecule has 1 rings (SSSR count). The maximum absolute atomic E-state index is 2.54. The zero-order valence-corrected chi connectivity index (χ0v) is 12.2. The first-order chi connectivity index (χ1) is 7.16. The molecule has 0 aromatic rings. The topological polar surface area (TPSA) is 6.48 Å². The van der Waals surface area contributed by atoms with Crippen molar-refractivity contribution in [2.75, 3.05) is 6.54 Å². The Labute approximate surface area is 103 Å². The lowest BCUT2D eigenvalue weighted by molar-refractivity contribution is 0.101. The van der Waals surface area contributed by atoms with E-state index in [0.717, 1.165) is 0 Å². The van der Waals surface area contributed by atoms with E-state index in [1.165, 1.54) is 19.4 Å². The molecule has 1 atom stereocenters.